The number of nitrogens with two attached hydrogens (primary N) is 1. The second kappa shape index (κ2) is 3.90. The maximum absolute atomic E-state index is 5.44. The van der Waals surface area contributed by atoms with Crippen molar-refractivity contribution < 1.29 is 4.74 Å². The summed E-state index contributed by atoms with van der Waals surface area (Å²) in [7, 11) is 0. The van der Waals surface area contributed by atoms with Gasteiger partial charge in [-0.25, -0.2) is 9.97 Å². The van der Waals surface area contributed by atoms with Crippen LogP contribution >= 0.6 is 0 Å². The summed E-state index contributed by atoms with van der Waals surface area (Å²) in [6, 6.07) is 0. The van der Waals surface area contributed by atoms with Crippen LogP contribution in [0.5, 0.6) is 5.75 Å². The van der Waals surface area contributed by atoms with Crippen molar-refractivity contribution in [3.05, 3.63) is 12.4 Å². The first kappa shape index (κ1) is 8.77. The molecule has 0 fully saturated rings. The Hall–Kier alpha value is -1.32. The van der Waals surface area contributed by atoms with Crippen LogP contribution in [0.2, 0.25) is 0 Å². The Kier molecular flexibility index (Phi) is 2.85. The molecule has 1 atom stereocenters. The molecule has 0 spiro atoms. The Morgan fingerprint density at radius 2 is 2.08 bits per heavy atom. The SMILES string of the molecule is CCC(C)Oc1cnc(N)nc1. The molecule has 2 N–H and O–H groups in total. The highest BCUT2D eigenvalue weighted by Gasteiger charge is 2.00. The van der Waals surface area contributed by atoms with E-state index in [1.165, 1.54) is 0 Å². The van der Waals surface area contributed by atoms with E-state index in [1.54, 1.807) is 12.4 Å². The van der Waals surface area contributed by atoms with Crippen molar-refractivity contribution in [3.8, 4) is 5.75 Å². The standard InChI is InChI=1S/C8H13N3O/c1-3-6(2)12-7-4-10-8(9)11-5-7/h4-6H,3H2,1-2H3,(H2,9,10,11). The molecule has 12 heavy (non-hydrogen) atoms. The van der Waals surface area contributed by atoms with E-state index in [2.05, 4.69) is 16.9 Å². The topological polar surface area (TPSA) is 61.0 Å². The number of hydrogen-bond donors (Lipinski definition) is 1. The molecule has 1 aromatic rings. The van der Waals surface area contributed by atoms with E-state index in [9.17, 15) is 0 Å². The van der Waals surface area contributed by atoms with Crippen LogP contribution in [0.3, 0.4) is 0 Å². The number of rotatable bonds is 3. The number of anilines is 1. The van der Waals surface area contributed by atoms with Gasteiger partial charge in [0.05, 0.1) is 18.5 Å². The molecule has 66 valence electrons. The molecule has 0 aliphatic rings. The predicted octanol–water partition coefficient (Wildman–Crippen LogP) is 1.24. The molecule has 0 bridgehead atoms. The van der Waals surface area contributed by atoms with Crippen LogP contribution < -0.4 is 10.5 Å². The Labute approximate surface area is 71.8 Å². The van der Waals surface area contributed by atoms with Gasteiger partial charge in [0, 0.05) is 0 Å². The van der Waals surface area contributed by atoms with E-state index in [4.69, 9.17) is 10.5 Å². The number of aromatic nitrogens is 2. The minimum Gasteiger partial charge on any atom is -0.487 e. The zero-order valence-corrected chi connectivity index (χ0v) is 7.32. The molecule has 0 saturated carbocycles. The van der Waals surface area contributed by atoms with Crippen molar-refractivity contribution in [2.75, 3.05) is 5.73 Å². The van der Waals surface area contributed by atoms with Crippen molar-refractivity contribution in [2.24, 2.45) is 0 Å². The molecular formula is C8H13N3O. The molecule has 1 heterocycles. The average molecular weight is 167 g/mol. The molecule has 0 amide bonds. The lowest BCUT2D eigenvalue weighted by Crippen LogP contribution is -2.10. The molecule has 4 nitrogen and oxygen atoms in total. The number of hydrogen-bond acceptors (Lipinski definition) is 4. The quantitative estimate of drug-likeness (QED) is 0.735. The molecule has 4 heteroatoms. The van der Waals surface area contributed by atoms with Crippen LogP contribution in [0.15, 0.2) is 12.4 Å². The normalized spacial score (nSPS) is 12.5. The first-order chi connectivity index (χ1) is 5.72. The lowest BCUT2D eigenvalue weighted by atomic mass is 10.3. The fraction of sp³-hybridized carbons (Fsp3) is 0.500. The number of ether oxygens (including phenoxy) is 1. The van der Waals surface area contributed by atoms with Gasteiger partial charge >= 0.3 is 0 Å². The van der Waals surface area contributed by atoms with Crippen molar-refractivity contribution in [1.82, 2.24) is 9.97 Å². The largest absolute Gasteiger partial charge is 0.487 e. The van der Waals surface area contributed by atoms with E-state index >= 15 is 0 Å². The van der Waals surface area contributed by atoms with Gasteiger partial charge in [-0.05, 0) is 13.3 Å². The van der Waals surface area contributed by atoms with Crippen molar-refractivity contribution in [3.63, 3.8) is 0 Å². The Morgan fingerprint density at radius 1 is 1.50 bits per heavy atom. The zero-order chi connectivity index (χ0) is 8.97. The third-order valence-electron chi connectivity index (χ3n) is 1.56. The van der Waals surface area contributed by atoms with Crippen molar-refractivity contribution in [1.29, 1.82) is 0 Å². The fourth-order valence-corrected chi connectivity index (χ4v) is 0.703. The van der Waals surface area contributed by atoms with E-state index < -0.39 is 0 Å². The Bertz CT molecular complexity index is 235. The third-order valence-corrected chi connectivity index (χ3v) is 1.56. The van der Waals surface area contributed by atoms with Crippen molar-refractivity contribution >= 4 is 5.95 Å². The van der Waals surface area contributed by atoms with Crippen molar-refractivity contribution in [2.45, 2.75) is 26.4 Å². The minimum atomic E-state index is 0.192. The van der Waals surface area contributed by atoms with Gasteiger partial charge in [-0.1, -0.05) is 6.92 Å². The van der Waals surface area contributed by atoms with Crippen LogP contribution in [0.4, 0.5) is 5.95 Å². The fourth-order valence-electron chi connectivity index (χ4n) is 0.703. The molecular weight excluding hydrogens is 154 g/mol. The highest BCUT2D eigenvalue weighted by Crippen LogP contribution is 2.10. The van der Waals surface area contributed by atoms with Gasteiger partial charge in [0.15, 0.2) is 5.75 Å². The van der Waals surface area contributed by atoms with Gasteiger partial charge in [0.2, 0.25) is 5.95 Å². The van der Waals surface area contributed by atoms with E-state index in [0.717, 1.165) is 6.42 Å². The number of nitrogens with zero attached hydrogens (tertiary/aromatic N) is 2. The summed E-state index contributed by atoms with van der Waals surface area (Å²) in [5, 5.41) is 0. The Morgan fingerprint density at radius 3 is 2.58 bits per heavy atom. The highest BCUT2D eigenvalue weighted by atomic mass is 16.5. The summed E-state index contributed by atoms with van der Waals surface area (Å²) < 4.78 is 5.44. The van der Waals surface area contributed by atoms with Gasteiger partial charge in [0.25, 0.3) is 0 Å². The van der Waals surface area contributed by atoms with Gasteiger partial charge < -0.3 is 10.5 Å². The summed E-state index contributed by atoms with van der Waals surface area (Å²) in [6.07, 6.45) is 4.31. The lowest BCUT2D eigenvalue weighted by Gasteiger charge is -2.10. The second-order valence-electron chi connectivity index (χ2n) is 2.61. The van der Waals surface area contributed by atoms with Gasteiger partial charge in [-0.15, -0.1) is 0 Å². The Balaban J connectivity index is 2.58. The molecule has 1 unspecified atom stereocenters. The number of nitrogen functional groups attached to an aromatic ring is 1. The molecule has 0 aliphatic heterocycles. The molecule has 0 radical (unpaired) electrons. The lowest BCUT2D eigenvalue weighted by molar-refractivity contribution is 0.216. The van der Waals surface area contributed by atoms with Gasteiger partial charge in [-0.3, -0.25) is 0 Å². The smallest absolute Gasteiger partial charge is 0.220 e. The summed E-state index contributed by atoms with van der Waals surface area (Å²) in [4.78, 5) is 7.62. The molecule has 1 aromatic heterocycles. The summed E-state index contributed by atoms with van der Waals surface area (Å²) in [5.74, 6) is 0.935. The van der Waals surface area contributed by atoms with Crippen LogP contribution in [-0.2, 0) is 0 Å². The first-order valence-electron chi connectivity index (χ1n) is 3.96. The summed E-state index contributed by atoms with van der Waals surface area (Å²) >= 11 is 0. The van der Waals surface area contributed by atoms with Gasteiger partial charge in [0.1, 0.15) is 0 Å². The van der Waals surface area contributed by atoms with Crippen LogP contribution in [0.25, 0.3) is 0 Å². The molecule has 1 rings (SSSR count). The molecule has 0 aromatic carbocycles. The first-order valence-corrected chi connectivity index (χ1v) is 3.96. The maximum atomic E-state index is 5.44. The van der Waals surface area contributed by atoms with Gasteiger partial charge in [-0.2, -0.15) is 0 Å². The second-order valence-corrected chi connectivity index (χ2v) is 2.61. The average Bonchev–Trinajstić information content (AvgIpc) is 2.09. The third kappa shape index (κ3) is 2.38. The van der Waals surface area contributed by atoms with Crippen LogP contribution in [0, 0.1) is 0 Å². The van der Waals surface area contributed by atoms with Crippen LogP contribution in [-0.4, -0.2) is 16.1 Å². The summed E-state index contributed by atoms with van der Waals surface area (Å²) in [6.45, 7) is 4.05. The summed E-state index contributed by atoms with van der Waals surface area (Å²) in [5.41, 5.74) is 5.31. The van der Waals surface area contributed by atoms with E-state index in [-0.39, 0.29) is 12.1 Å². The van der Waals surface area contributed by atoms with E-state index in [0.29, 0.717) is 5.75 Å². The van der Waals surface area contributed by atoms with Crippen LogP contribution in [0.1, 0.15) is 20.3 Å². The highest BCUT2D eigenvalue weighted by molar-refractivity contribution is 5.21. The molecule has 0 aliphatic carbocycles. The maximum Gasteiger partial charge on any atom is 0.220 e. The minimum absolute atomic E-state index is 0.192. The predicted molar refractivity (Wildman–Crippen MR) is 46.8 cm³/mol. The monoisotopic (exact) mass is 167 g/mol. The van der Waals surface area contributed by atoms with E-state index in [1.807, 2.05) is 6.92 Å². The zero-order valence-electron chi connectivity index (χ0n) is 7.32. The molecule has 0 saturated heterocycles.